The number of esters is 4. The second-order valence-electron chi connectivity index (χ2n) is 34.3. The third-order valence-corrected chi connectivity index (χ3v) is 24.6. The summed E-state index contributed by atoms with van der Waals surface area (Å²) >= 11 is 0. The van der Waals surface area contributed by atoms with Gasteiger partial charge < -0.3 is 33.8 Å². The molecule has 0 aromatic heterocycles. The van der Waals surface area contributed by atoms with E-state index in [2.05, 4.69) is 55.4 Å². The van der Waals surface area contributed by atoms with E-state index in [0.717, 1.165) is 114 Å². The van der Waals surface area contributed by atoms with Gasteiger partial charge in [-0.05, 0) is 49.4 Å². The summed E-state index contributed by atoms with van der Waals surface area (Å²) in [6.45, 7) is 14.5. The first kappa shape index (κ1) is 109. The Hall–Kier alpha value is -1.94. The molecule has 8 atom stereocenters. The lowest BCUT2D eigenvalue weighted by molar-refractivity contribution is -0.161. The van der Waals surface area contributed by atoms with Crippen molar-refractivity contribution in [3.63, 3.8) is 0 Å². The van der Waals surface area contributed by atoms with E-state index in [1.54, 1.807) is 0 Å². The van der Waals surface area contributed by atoms with E-state index in [0.29, 0.717) is 25.7 Å². The van der Waals surface area contributed by atoms with Gasteiger partial charge in [-0.3, -0.25) is 37.3 Å². The molecule has 0 aliphatic rings. The number of aliphatic hydroxyl groups excluding tert-OH is 1. The number of carbonyl (C=O) groups is 4. The number of phosphoric acid groups is 2. The average molecular weight is 1620 g/mol. The minimum Gasteiger partial charge on any atom is -0.462 e. The molecule has 0 bridgehead atoms. The molecule has 0 saturated carbocycles. The van der Waals surface area contributed by atoms with Gasteiger partial charge in [-0.2, -0.15) is 0 Å². The number of aliphatic hydroxyl groups is 1. The normalized spacial score (nSPS) is 14.6. The zero-order chi connectivity index (χ0) is 81.6. The molecule has 0 saturated heterocycles. The molecule has 0 rings (SSSR count). The zero-order valence-corrected chi connectivity index (χ0v) is 75.4. The fourth-order valence-corrected chi connectivity index (χ4v) is 15.9. The summed E-state index contributed by atoms with van der Waals surface area (Å²) in [4.78, 5) is 73.4. The van der Waals surface area contributed by atoms with Gasteiger partial charge in [0, 0.05) is 25.7 Å². The van der Waals surface area contributed by atoms with Crippen molar-refractivity contribution in [3.05, 3.63) is 0 Å². The molecular formula is C92H180O17P2. The van der Waals surface area contributed by atoms with E-state index in [9.17, 15) is 43.2 Å². The monoisotopic (exact) mass is 1620 g/mol. The van der Waals surface area contributed by atoms with E-state index < -0.39 is 97.5 Å². The van der Waals surface area contributed by atoms with Crippen molar-refractivity contribution in [2.75, 3.05) is 39.6 Å². The molecule has 0 amide bonds. The average Bonchev–Trinajstić information content (AvgIpc) is 0.899. The van der Waals surface area contributed by atoms with Crippen LogP contribution in [0, 0.1) is 23.7 Å². The van der Waals surface area contributed by atoms with Crippen LogP contribution >= 0.6 is 15.6 Å². The Balaban J connectivity index is 5.24. The molecular weight excluding hydrogens is 1440 g/mol. The van der Waals surface area contributed by atoms with Crippen LogP contribution in [0.25, 0.3) is 0 Å². The fraction of sp³-hybridized carbons (Fsp3) is 0.957. The summed E-state index contributed by atoms with van der Waals surface area (Å²) in [5.41, 5.74) is 0. The molecule has 0 fully saturated rings. The predicted octanol–water partition coefficient (Wildman–Crippen LogP) is 28.3. The molecule has 0 heterocycles. The molecule has 0 radical (unpaired) electrons. The van der Waals surface area contributed by atoms with Crippen LogP contribution in [0.3, 0.4) is 0 Å². The van der Waals surface area contributed by atoms with Gasteiger partial charge in [-0.15, -0.1) is 0 Å². The first-order valence-electron chi connectivity index (χ1n) is 47.3. The molecule has 0 spiro atoms. The Bertz CT molecular complexity index is 2150. The predicted molar refractivity (Wildman–Crippen MR) is 460 cm³/mol. The van der Waals surface area contributed by atoms with Gasteiger partial charge in [0.1, 0.15) is 19.3 Å². The summed E-state index contributed by atoms with van der Waals surface area (Å²) in [5.74, 6) is 1.20. The SMILES string of the molecule is CCC(C)CCCCCCCCCCCCCCCCCCCCC(=O)OC[C@H](COP(=O)(O)OC[C@@H](O)COP(=O)(O)OC[C@@H](COC(=O)CCCCCCCCCCC(C)CC)OC(=O)CCCCCCCCCCCCCCC(C)C)OC(=O)CCCCCCCCCCCCCCCCCCCCC(C)CC. The maximum atomic E-state index is 13.2. The van der Waals surface area contributed by atoms with E-state index in [-0.39, 0.29) is 25.7 Å². The third-order valence-electron chi connectivity index (χ3n) is 22.7. The Morgan fingerprint density at radius 2 is 0.432 bits per heavy atom. The van der Waals surface area contributed by atoms with Crippen molar-refractivity contribution in [2.24, 2.45) is 23.7 Å². The molecule has 19 heteroatoms. The van der Waals surface area contributed by atoms with Crippen LogP contribution in [0.4, 0.5) is 0 Å². The molecule has 111 heavy (non-hydrogen) atoms. The standard InChI is InChI=1S/C92H180O17P2/c1-9-83(6)69-61-53-45-37-31-24-20-16-12-14-18-22-26-33-39-48-56-64-72-89(94)102-78-87(108-91(96)74-66-58-50-40-34-27-23-19-15-13-17-21-25-32-38-46-54-62-70-84(7)10-2)80-106-110(98,99)104-76-86(93)77-105-111(100,101)107-81-88(79-103-90(95)73-65-57-49-43-42-47-55-63-71-85(8)11-3)109-92(97)75-67-59-51-41-35-29-28-30-36-44-52-60-68-82(4)5/h82-88,93H,9-81H2,1-8H3,(H,98,99)(H,100,101)/t83?,84?,85?,86-,87-,88-/m1/s1. The molecule has 0 aliphatic carbocycles. The number of unbranched alkanes of at least 4 members (excludes halogenated alkanes) is 52. The smallest absolute Gasteiger partial charge is 0.462 e. The minimum absolute atomic E-state index is 0.106. The number of hydrogen-bond donors (Lipinski definition) is 3. The maximum Gasteiger partial charge on any atom is 0.472 e. The van der Waals surface area contributed by atoms with Crippen LogP contribution in [0.1, 0.15) is 486 Å². The van der Waals surface area contributed by atoms with Gasteiger partial charge in [0.05, 0.1) is 26.4 Å². The van der Waals surface area contributed by atoms with Gasteiger partial charge in [0.2, 0.25) is 0 Å². The Morgan fingerprint density at radius 1 is 0.252 bits per heavy atom. The largest absolute Gasteiger partial charge is 0.472 e. The van der Waals surface area contributed by atoms with Crippen LogP contribution in [-0.2, 0) is 65.4 Å². The van der Waals surface area contributed by atoms with Crippen molar-refractivity contribution in [1.82, 2.24) is 0 Å². The highest BCUT2D eigenvalue weighted by Gasteiger charge is 2.31. The number of rotatable bonds is 89. The Labute approximate surface area is 683 Å². The molecule has 5 unspecified atom stereocenters. The number of carbonyl (C=O) groups excluding carboxylic acids is 4. The molecule has 660 valence electrons. The van der Waals surface area contributed by atoms with Gasteiger partial charge in [-0.25, -0.2) is 9.13 Å². The van der Waals surface area contributed by atoms with Crippen molar-refractivity contribution in [2.45, 2.75) is 504 Å². The first-order chi connectivity index (χ1) is 53.7. The molecule has 0 aromatic rings. The Morgan fingerprint density at radius 3 is 0.640 bits per heavy atom. The van der Waals surface area contributed by atoms with Crippen molar-refractivity contribution in [3.8, 4) is 0 Å². The molecule has 17 nitrogen and oxygen atoms in total. The second kappa shape index (κ2) is 80.5. The van der Waals surface area contributed by atoms with E-state index in [1.165, 1.54) is 289 Å². The van der Waals surface area contributed by atoms with Gasteiger partial charge in [0.25, 0.3) is 0 Å². The molecule has 0 aromatic carbocycles. The van der Waals surface area contributed by atoms with E-state index in [1.807, 2.05) is 0 Å². The van der Waals surface area contributed by atoms with E-state index >= 15 is 0 Å². The lowest BCUT2D eigenvalue weighted by atomic mass is 9.99. The van der Waals surface area contributed by atoms with Crippen molar-refractivity contribution < 1.29 is 80.2 Å². The lowest BCUT2D eigenvalue weighted by Gasteiger charge is -2.21. The highest BCUT2D eigenvalue weighted by atomic mass is 31.2. The Kier molecular flexibility index (Phi) is 79.1. The number of phosphoric ester groups is 2. The van der Waals surface area contributed by atoms with Gasteiger partial charge in [0.15, 0.2) is 12.2 Å². The molecule has 3 N–H and O–H groups in total. The highest BCUT2D eigenvalue weighted by Crippen LogP contribution is 2.45. The van der Waals surface area contributed by atoms with Crippen molar-refractivity contribution in [1.29, 1.82) is 0 Å². The topological polar surface area (TPSA) is 237 Å². The van der Waals surface area contributed by atoms with Crippen LogP contribution < -0.4 is 0 Å². The maximum absolute atomic E-state index is 13.2. The molecule has 0 aliphatic heterocycles. The third kappa shape index (κ3) is 81.6. The first-order valence-corrected chi connectivity index (χ1v) is 50.3. The summed E-state index contributed by atoms with van der Waals surface area (Å²) in [6.07, 6.45) is 72.2. The zero-order valence-electron chi connectivity index (χ0n) is 73.6. The summed E-state index contributed by atoms with van der Waals surface area (Å²) in [7, 11) is -9.94. The number of ether oxygens (including phenoxy) is 4. The fourth-order valence-electron chi connectivity index (χ4n) is 14.3. The van der Waals surface area contributed by atoms with Crippen LogP contribution in [0.15, 0.2) is 0 Å². The van der Waals surface area contributed by atoms with Crippen LogP contribution in [0.5, 0.6) is 0 Å². The van der Waals surface area contributed by atoms with E-state index in [4.69, 9.17) is 37.0 Å². The lowest BCUT2D eigenvalue weighted by Crippen LogP contribution is -2.30. The summed E-state index contributed by atoms with van der Waals surface area (Å²) < 4.78 is 69.1. The minimum atomic E-state index is -4.97. The summed E-state index contributed by atoms with van der Waals surface area (Å²) in [6, 6.07) is 0. The quantitative estimate of drug-likeness (QED) is 0.0222. The van der Waals surface area contributed by atoms with Crippen molar-refractivity contribution >= 4 is 39.5 Å². The van der Waals surface area contributed by atoms with Gasteiger partial charge >= 0.3 is 39.5 Å². The van der Waals surface area contributed by atoms with Gasteiger partial charge in [-0.1, -0.05) is 434 Å². The van der Waals surface area contributed by atoms with Crippen LogP contribution in [-0.4, -0.2) is 96.7 Å². The summed E-state index contributed by atoms with van der Waals surface area (Å²) in [5, 5.41) is 10.7. The number of hydrogen-bond acceptors (Lipinski definition) is 15. The van der Waals surface area contributed by atoms with Crippen LogP contribution in [0.2, 0.25) is 0 Å². The second-order valence-corrected chi connectivity index (χ2v) is 37.2. The highest BCUT2D eigenvalue weighted by molar-refractivity contribution is 7.47.